The zero-order valence-corrected chi connectivity index (χ0v) is 21.0. The van der Waals surface area contributed by atoms with Crippen molar-refractivity contribution < 1.29 is 32.2 Å². The van der Waals surface area contributed by atoms with E-state index in [1.54, 1.807) is 6.07 Å². The van der Waals surface area contributed by atoms with Crippen molar-refractivity contribution >= 4 is 28.0 Å². The monoisotopic (exact) mass is 514 g/mol. The first-order valence-corrected chi connectivity index (χ1v) is 13.3. The highest BCUT2D eigenvalue weighted by atomic mass is 32.2. The average molecular weight is 515 g/mol. The number of hydrogen-bond donors (Lipinski definition) is 1. The van der Waals surface area contributed by atoms with Gasteiger partial charge in [0.2, 0.25) is 10.0 Å². The molecule has 0 radical (unpaired) electrons. The van der Waals surface area contributed by atoms with Crippen LogP contribution in [0.1, 0.15) is 35.6 Å². The number of carbonyl (C=O) groups is 2. The lowest BCUT2D eigenvalue weighted by atomic mass is 9.88. The Bertz CT molecular complexity index is 1240. The molecule has 1 amide bonds. The topological polar surface area (TPSA) is 111 Å². The number of ether oxygens (including phenoxy) is 3. The molecular formula is C26H30N2O7S. The van der Waals surface area contributed by atoms with Crippen LogP contribution in [-0.4, -0.2) is 64.6 Å². The van der Waals surface area contributed by atoms with E-state index in [0.717, 1.165) is 30.9 Å². The fourth-order valence-corrected chi connectivity index (χ4v) is 6.01. The highest BCUT2D eigenvalue weighted by Gasteiger charge is 2.29. The van der Waals surface area contributed by atoms with Gasteiger partial charge < -0.3 is 19.5 Å². The van der Waals surface area contributed by atoms with Gasteiger partial charge >= 0.3 is 5.97 Å². The largest absolute Gasteiger partial charge is 0.495 e. The maximum atomic E-state index is 13.1. The van der Waals surface area contributed by atoms with Crippen molar-refractivity contribution in [2.45, 2.75) is 30.2 Å². The Labute approximate surface area is 211 Å². The van der Waals surface area contributed by atoms with Crippen LogP contribution in [0.15, 0.2) is 53.4 Å². The fraction of sp³-hybridized carbons (Fsp3) is 0.385. The van der Waals surface area contributed by atoms with Crippen LogP contribution in [0, 0.1) is 0 Å². The molecule has 0 bridgehead atoms. The SMILES string of the molecule is COc1ccc(C=CC(=O)OCC(=O)NC2CCCc3ccccc32)cc1S(=O)(=O)N1CCOCC1. The summed E-state index contributed by atoms with van der Waals surface area (Å²) in [4.78, 5) is 24.6. The molecule has 1 atom stereocenters. The summed E-state index contributed by atoms with van der Waals surface area (Å²) in [6.07, 6.45) is 5.41. The Balaban J connectivity index is 1.36. The standard InChI is InChI=1S/C26H30N2O7S/c1-33-23-11-9-19(17-24(23)36(31,32)28-13-15-34-16-14-28)10-12-26(30)35-18-25(29)27-22-8-4-6-20-5-2-3-7-21(20)22/h2-3,5,7,9-12,17,22H,4,6,8,13-16,18H2,1H3,(H,27,29). The second-order valence-electron chi connectivity index (χ2n) is 8.58. The summed E-state index contributed by atoms with van der Waals surface area (Å²) in [6.45, 7) is 0.765. The van der Waals surface area contributed by atoms with Crippen LogP contribution >= 0.6 is 0 Å². The van der Waals surface area contributed by atoms with Crippen LogP contribution in [0.25, 0.3) is 6.08 Å². The Kier molecular flexibility index (Phi) is 8.40. The molecule has 1 fully saturated rings. The molecule has 1 saturated heterocycles. The van der Waals surface area contributed by atoms with Gasteiger partial charge in [0.25, 0.3) is 5.91 Å². The summed E-state index contributed by atoms with van der Waals surface area (Å²) in [6, 6.07) is 12.5. The van der Waals surface area contributed by atoms with E-state index in [1.807, 2.05) is 18.2 Å². The van der Waals surface area contributed by atoms with Crippen molar-refractivity contribution in [3.63, 3.8) is 0 Å². The Morgan fingerprint density at radius 3 is 2.72 bits per heavy atom. The smallest absolute Gasteiger partial charge is 0.331 e. The number of nitrogens with zero attached hydrogens (tertiary/aromatic N) is 1. The van der Waals surface area contributed by atoms with E-state index in [-0.39, 0.29) is 35.7 Å². The Hall–Kier alpha value is -3.21. The number of sulfonamides is 1. The molecule has 10 heteroatoms. The number of morpholine rings is 1. The lowest BCUT2D eigenvalue weighted by Gasteiger charge is -2.26. The summed E-state index contributed by atoms with van der Waals surface area (Å²) in [7, 11) is -2.40. The molecule has 2 aliphatic rings. The lowest BCUT2D eigenvalue weighted by molar-refractivity contribution is -0.144. The van der Waals surface area contributed by atoms with E-state index in [2.05, 4.69) is 11.4 Å². The number of hydrogen-bond acceptors (Lipinski definition) is 7. The number of amides is 1. The van der Waals surface area contributed by atoms with E-state index in [9.17, 15) is 18.0 Å². The number of rotatable bonds is 8. The van der Waals surface area contributed by atoms with Crippen LogP contribution in [0.4, 0.5) is 0 Å². The maximum absolute atomic E-state index is 13.1. The van der Waals surface area contributed by atoms with E-state index in [0.29, 0.717) is 18.8 Å². The van der Waals surface area contributed by atoms with Gasteiger partial charge in [0.05, 0.1) is 26.4 Å². The first-order chi connectivity index (χ1) is 17.4. The number of nitrogens with one attached hydrogen (secondary N) is 1. The zero-order valence-electron chi connectivity index (χ0n) is 20.1. The summed E-state index contributed by atoms with van der Waals surface area (Å²) >= 11 is 0. The van der Waals surface area contributed by atoms with Gasteiger partial charge in [-0.1, -0.05) is 30.3 Å². The van der Waals surface area contributed by atoms with E-state index in [1.165, 1.54) is 35.2 Å². The molecule has 9 nitrogen and oxygen atoms in total. The molecule has 192 valence electrons. The number of aryl methyl sites for hydroxylation is 1. The molecule has 0 spiro atoms. The van der Waals surface area contributed by atoms with Gasteiger partial charge in [-0.15, -0.1) is 0 Å². The van der Waals surface area contributed by atoms with Gasteiger partial charge in [0.15, 0.2) is 6.61 Å². The molecule has 1 unspecified atom stereocenters. The van der Waals surface area contributed by atoms with Gasteiger partial charge in [-0.3, -0.25) is 4.79 Å². The molecule has 1 aliphatic carbocycles. The third kappa shape index (κ3) is 6.13. The molecule has 4 rings (SSSR count). The average Bonchev–Trinajstić information content (AvgIpc) is 2.91. The second-order valence-corrected chi connectivity index (χ2v) is 10.5. The van der Waals surface area contributed by atoms with Crippen molar-refractivity contribution in [1.29, 1.82) is 0 Å². The zero-order chi connectivity index (χ0) is 25.5. The van der Waals surface area contributed by atoms with Gasteiger partial charge in [-0.05, 0) is 54.2 Å². The molecule has 0 aromatic heterocycles. The molecule has 36 heavy (non-hydrogen) atoms. The first-order valence-electron chi connectivity index (χ1n) is 11.9. The van der Waals surface area contributed by atoms with Gasteiger partial charge in [0, 0.05) is 19.2 Å². The molecule has 0 saturated carbocycles. The summed E-state index contributed by atoms with van der Waals surface area (Å²) in [5.74, 6) is -0.869. The number of fused-ring (bicyclic) bond motifs is 1. The lowest BCUT2D eigenvalue weighted by Crippen LogP contribution is -2.40. The molecular weight excluding hydrogens is 484 g/mol. The number of benzene rings is 2. The predicted molar refractivity (Wildman–Crippen MR) is 133 cm³/mol. The highest BCUT2D eigenvalue weighted by Crippen LogP contribution is 2.30. The van der Waals surface area contributed by atoms with Gasteiger partial charge in [-0.25, -0.2) is 13.2 Å². The Morgan fingerprint density at radius 1 is 1.17 bits per heavy atom. The summed E-state index contributed by atoms with van der Waals surface area (Å²) in [5, 5.41) is 2.94. The van der Waals surface area contributed by atoms with Crippen molar-refractivity contribution in [1.82, 2.24) is 9.62 Å². The summed E-state index contributed by atoms with van der Waals surface area (Å²) < 4.78 is 43.1. The van der Waals surface area contributed by atoms with Crippen LogP contribution < -0.4 is 10.1 Å². The summed E-state index contributed by atoms with van der Waals surface area (Å²) in [5.41, 5.74) is 2.80. The molecule has 1 aliphatic heterocycles. The predicted octanol–water partition coefficient (Wildman–Crippen LogP) is 2.47. The number of methoxy groups -OCH3 is 1. The third-order valence-corrected chi connectivity index (χ3v) is 8.16. The van der Waals surface area contributed by atoms with Crippen LogP contribution in [0.2, 0.25) is 0 Å². The first kappa shape index (κ1) is 25.9. The number of esters is 1. The van der Waals surface area contributed by atoms with E-state index < -0.39 is 22.6 Å². The van der Waals surface area contributed by atoms with Crippen molar-refractivity contribution in [3.8, 4) is 5.75 Å². The minimum Gasteiger partial charge on any atom is -0.495 e. The normalized spacial score (nSPS) is 18.4. The van der Waals surface area contributed by atoms with Gasteiger partial charge in [-0.2, -0.15) is 4.31 Å². The van der Waals surface area contributed by atoms with E-state index >= 15 is 0 Å². The van der Waals surface area contributed by atoms with Crippen LogP contribution in [0.3, 0.4) is 0 Å². The van der Waals surface area contributed by atoms with Crippen LogP contribution in [0.5, 0.6) is 5.75 Å². The molecule has 1 heterocycles. The second kappa shape index (κ2) is 11.7. The van der Waals surface area contributed by atoms with Crippen LogP contribution in [-0.2, 0) is 35.5 Å². The van der Waals surface area contributed by atoms with E-state index in [4.69, 9.17) is 14.2 Å². The van der Waals surface area contributed by atoms with Crippen molar-refractivity contribution in [2.24, 2.45) is 0 Å². The maximum Gasteiger partial charge on any atom is 0.331 e. The van der Waals surface area contributed by atoms with Gasteiger partial charge in [0.1, 0.15) is 10.6 Å². The molecule has 1 N–H and O–H groups in total. The fourth-order valence-electron chi connectivity index (χ4n) is 4.41. The third-order valence-electron chi connectivity index (χ3n) is 6.24. The minimum absolute atomic E-state index is 0.00885. The molecule has 2 aromatic carbocycles. The highest BCUT2D eigenvalue weighted by molar-refractivity contribution is 7.89. The molecule has 2 aromatic rings. The quantitative estimate of drug-likeness (QED) is 0.426. The van der Waals surface area contributed by atoms with Crippen molar-refractivity contribution in [2.75, 3.05) is 40.0 Å². The Morgan fingerprint density at radius 2 is 1.94 bits per heavy atom. The van der Waals surface area contributed by atoms with Crippen molar-refractivity contribution in [3.05, 3.63) is 65.2 Å². The minimum atomic E-state index is -3.80. The number of carbonyl (C=O) groups excluding carboxylic acids is 2.